The Labute approximate surface area is 72.8 Å². The van der Waals surface area contributed by atoms with Gasteiger partial charge in [-0.1, -0.05) is 0 Å². The minimum Gasteiger partial charge on any atom is -0.444 e. The molecule has 12 heavy (non-hydrogen) atoms. The summed E-state index contributed by atoms with van der Waals surface area (Å²) >= 11 is 0. The van der Waals surface area contributed by atoms with Crippen molar-refractivity contribution >= 4 is 11.8 Å². The minimum atomic E-state index is -0.478. The summed E-state index contributed by atoms with van der Waals surface area (Å²) in [7, 11) is 0. The molecule has 0 atom stereocenters. The van der Waals surface area contributed by atoms with Gasteiger partial charge < -0.3 is 15.5 Å². The predicted octanol–water partition coefficient (Wildman–Crippen LogP) is 1.55. The van der Waals surface area contributed by atoms with Crippen LogP contribution in [0.25, 0.3) is 0 Å². The molecule has 0 radical (unpaired) electrons. The first-order valence-electron chi connectivity index (χ1n) is 3.82. The highest BCUT2D eigenvalue weighted by atomic mass is 16.6. The second-order valence-electron chi connectivity index (χ2n) is 3.64. The maximum atomic E-state index is 10.9. The van der Waals surface area contributed by atoms with Crippen LogP contribution in [-0.2, 0) is 4.74 Å². The van der Waals surface area contributed by atoms with Gasteiger partial charge in [-0.25, -0.2) is 4.79 Å². The van der Waals surface area contributed by atoms with E-state index in [4.69, 9.17) is 10.1 Å². The molecule has 0 bridgehead atoms. The third-order valence-electron chi connectivity index (χ3n) is 0.897. The summed E-state index contributed by atoms with van der Waals surface area (Å²) in [5.41, 5.74) is -0.0686. The highest BCUT2D eigenvalue weighted by Gasteiger charge is 2.15. The second kappa shape index (κ2) is 4.09. The molecule has 2 N–H and O–H groups in total. The first-order chi connectivity index (χ1) is 5.31. The van der Waals surface area contributed by atoms with Crippen molar-refractivity contribution in [1.82, 2.24) is 5.32 Å². The highest BCUT2D eigenvalue weighted by Crippen LogP contribution is 2.05. The van der Waals surface area contributed by atoms with Crippen molar-refractivity contribution in [2.45, 2.75) is 33.3 Å². The summed E-state index contributed by atoms with van der Waals surface area (Å²) < 4.78 is 4.94. The number of hydrogen-bond acceptors (Lipinski definition) is 3. The van der Waals surface area contributed by atoms with Gasteiger partial charge >= 0.3 is 6.09 Å². The van der Waals surface area contributed by atoms with Gasteiger partial charge in [-0.3, -0.25) is 0 Å². The first kappa shape index (κ1) is 10.9. The molecular weight excluding hydrogens is 156 g/mol. The first-order valence-corrected chi connectivity index (χ1v) is 3.82. The molecule has 0 spiro atoms. The Morgan fingerprint density at radius 2 is 2.00 bits per heavy atom. The Balaban J connectivity index is 3.68. The van der Waals surface area contributed by atoms with Crippen LogP contribution in [0.3, 0.4) is 0 Å². The number of rotatable bonds is 2. The van der Waals surface area contributed by atoms with Crippen LogP contribution in [0.1, 0.15) is 27.7 Å². The lowest BCUT2D eigenvalue weighted by atomic mass is 10.2. The number of alkyl carbamates (subject to hydrolysis) is 1. The van der Waals surface area contributed by atoms with Gasteiger partial charge in [-0.15, -0.1) is 0 Å². The molecule has 4 nitrogen and oxygen atoms in total. The SMILES string of the molecule is CC(=N)CNC(=O)OC(C)(C)C. The average Bonchev–Trinajstić information content (AvgIpc) is 1.79. The Hall–Kier alpha value is -1.06. The maximum absolute atomic E-state index is 10.9. The average molecular weight is 172 g/mol. The number of carbonyl (C=O) groups excluding carboxylic acids is 1. The zero-order valence-electron chi connectivity index (χ0n) is 8.02. The Kier molecular flexibility index (Phi) is 3.73. The van der Waals surface area contributed by atoms with Gasteiger partial charge in [0, 0.05) is 5.71 Å². The van der Waals surface area contributed by atoms with Crippen LogP contribution in [0.2, 0.25) is 0 Å². The molecule has 4 heteroatoms. The van der Waals surface area contributed by atoms with Gasteiger partial charge in [0.15, 0.2) is 0 Å². The lowest BCUT2D eigenvalue weighted by Crippen LogP contribution is -2.34. The van der Waals surface area contributed by atoms with Crippen molar-refractivity contribution in [2.24, 2.45) is 0 Å². The zero-order chi connectivity index (χ0) is 9.78. The Morgan fingerprint density at radius 3 is 2.33 bits per heavy atom. The van der Waals surface area contributed by atoms with E-state index < -0.39 is 11.7 Å². The van der Waals surface area contributed by atoms with Crippen LogP contribution in [0, 0.1) is 5.41 Å². The molecule has 70 valence electrons. The van der Waals surface area contributed by atoms with Crippen LogP contribution in [0.4, 0.5) is 4.79 Å². The molecule has 0 saturated carbocycles. The van der Waals surface area contributed by atoms with Crippen molar-refractivity contribution in [3.63, 3.8) is 0 Å². The van der Waals surface area contributed by atoms with Crippen molar-refractivity contribution < 1.29 is 9.53 Å². The van der Waals surface area contributed by atoms with Crippen LogP contribution in [0.15, 0.2) is 0 Å². The molecule has 0 heterocycles. The van der Waals surface area contributed by atoms with Crippen molar-refractivity contribution in [3.8, 4) is 0 Å². The highest BCUT2D eigenvalue weighted by molar-refractivity contribution is 5.84. The Bertz CT molecular complexity index is 182. The van der Waals surface area contributed by atoms with Gasteiger partial charge in [0.2, 0.25) is 0 Å². The minimum absolute atomic E-state index is 0.245. The Morgan fingerprint density at radius 1 is 1.50 bits per heavy atom. The van der Waals surface area contributed by atoms with E-state index in [2.05, 4.69) is 5.32 Å². The molecule has 0 aromatic heterocycles. The largest absolute Gasteiger partial charge is 0.444 e. The summed E-state index contributed by atoms with van der Waals surface area (Å²) in [4.78, 5) is 10.9. The van der Waals surface area contributed by atoms with E-state index in [-0.39, 0.29) is 6.54 Å². The number of nitrogens with one attached hydrogen (secondary N) is 2. The quantitative estimate of drug-likeness (QED) is 0.621. The van der Waals surface area contributed by atoms with Gasteiger partial charge in [0.1, 0.15) is 5.60 Å². The molecule has 1 amide bonds. The lowest BCUT2D eigenvalue weighted by Gasteiger charge is -2.19. The smallest absolute Gasteiger partial charge is 0.407 e. The fourth-order valence-corrected chi connectivity index (χ4v) is 0.519. The molecule has 0 aliphatic heterocycles. The third-order valence-corrected chi connectivity index (χ3v) is 0.897. The van der Waals surface area contributed by atoms with Crippen LogP contribution in [0.5, 0.6) is 0 Å². The molecule has 0 aliphatic rings. The second-order valence-corrected chi connectivity index (χ2v) is 3.64. The molecule has 0 aromatic carbocycles. The maximum Gasteiger partial charge on any atom is 0.407 e. The molecular formula is C8H16N2O2. The fraction of sp³-hybridized carbons (Fsp3) is 0.750. The van der Waals surface area contributed by atoms with E-state index in [0.717, 1.165) is 0 Å². The van der Waals surface area contributed by atoms with Gasteiger partial charge in [-0.2, -0.15) is 0 Å². The fourth-order valence-electron chi connectivity index (χ4n) is 0.519. The number of carbonyl (C=O) groups is 1. The number of hydrogen-bond donors (Lipinski definition) is 2. The third kappa shape index (κ3) is 7.05. The lowest BCUT2D eigenvalue weighted by molar-refractivity contribution is 0.0536. The van der Waals surface area contributed by atoms with Gasteiger partial charge in [-0.05, 0) is 27.7 Å². The van der Waals surface area contributed by atoms with E-state index in [9.17, 15) is 4.79 Å². The van der Waals surface area contributed by atoms with Crippen molar-refractivity contribution in [2.75, 3.05) is 6.54 Å². The molecule has 0 aromatic rings. The van der Waals surface area contributed by atoms with E-state index in [1.54, 1.807) is 27.7 Å². The number of ether oxygens (including phenoxy) is 1. The van der Waals surface area contributed by atoms with E-state index >= 15 is 0 Å². The predicted molar refractivity (Wildman–Crippen MR) is 47.6 cm³/mol. The van der Waals surface area contributed by atoms with E-state index in [0.29, 0.717) is 5.71 Å². The van der Waals surface area contributed by atoms with Gasteiger partial charge in [0.25, 0.3) is 0 Å². The van der Waals surface area contributed by atoms with Crippen molar-refractivity contribution in [1.29, 1.82) is 5.41 Å². The van der Waals surface area contributed by atoms with E-state index in [1.807, 2.05) is 0 Å². The van der Waals surface area contributed by atoms with Crippen LogP contribution < -0.4 is 5.32 Å². The summed E-state index contributed by atoms with van der Waals surface area (Å²) in [5, 5.41) is 9.50. The van der Waals surface area contributed by atoms with Gasteiger partial charge in [0.05, 0.1) is 6.54 Å². The molecule has 0 unspecified atom stereocenters. The van der Waals surface area contributed by atoms with Crippen LogP contribution in [-0.4, -0.2) is 24.0 Å². The normalized spacial score (nSPS) is 10.7. The monoisotopic (exact) mass is 172 g/mol. The summed E-state index contributed by atoms with van der Waals surface area (Å²) in [6.07, 6.45) is -0.478. The zero-order valence-corrected chi connectivity index (χ0v) is 8.02. The molecule has 0 fully saturated rings. The molecule has 0 rings (SSSR count). The van der Waals surface area contributed by atoms with E-state index in [1.165, 1.54) is 0 Å². The summed E-state index contributed by atoms with van der Waals surface area (Å²) in [6, 6.07) is 0. The topological polar surface area (TPSA) is 62.2 Å². The summed E-state index contributed by atoms with van der Waals surface area (Å²) in [6.45, 7) is 7.25. The van der Waals surface area contributed by atoms with Crippen molar-refractivity contribution in [3.05, 3.63) is 0 Å². The summed E-state index contributed by atoms with van der Waals surface area (Å²) in [5.74, 6) is 0. The standard InChI is InChI=1S/C8H16N2O2/c1-6(9)5-10-7(11)12-8(2,3)4/h9H,5H2,1-4H3,(H,10,11). The molecule has 0 aliphatic carbocycles. The van der Waals surface area contributed by atoms with Crippen LogP contribution >= 0.6 is 0 Å². The number of amides is 1. The molecule has 0 saturated heterocycles.